The van der Waals surface area contributed by atoms with Crippen LogP contribution >= 0.6 is 15.8 Å². The van der Waals surface area contributed by atoms with Gasteiger partial charge in [0, 0.05) is 0 Å². The average molecular weight is 485 g/mol. The Morgan fingerprint density at radius 1 is 0.697 bits per heavy atom. The second-order valence-corrected chi connectivity index (χ2v) is 16.1. The Hall–Kier alpha value is -1.10. The van der Waals surface area contributed by atoms with Gasteiger partial charge < -0.3 is 9.47 Å². The van der Waals surface area contributed by atoms with Gasteiger partial charge in [-0.3, -0.25) is 0 Å². The van der Waals surface area contributed by atoms with Gasteiger partial charge in [0.25, 0.3) is 0 Å². The normalized spacial score (nSPS) is 25.7. The molecule has 0 N–H and O–H groups in total. The minimum absolute atomic E-state index is 0.0964. The Morgan fingerprint density at radius 2 is 1.12 bits per heavy atom. The summed E-state index contributed by atoms with van der Waals surface area (Å²) < 4.78 is 11.5. The smallest absolute Gasteiger partial charge is 0.124 e. The fraction of sp³-hybridized carbons (Fsp3) is 0.586. The Balaban J connectivity index is 1.85. The van der Waals surface area contributed by atoms with E-state index in [2.05, 4.69) is 65.8 Å². The van der Waals surface area contributed by atoms with Crippen molar-refractivity contribution in [1.82, 2.24) is 0 Å². The largest absolute Gasteiger partial charge is 0.496 e. The van der Waals surface area contributed by atoms with Crippen LogP contribution in [-0.2, 0) is 0 Å². The van der Waals surface area contributed by atoms with Crippen LogP contribution in [0.5, 0.6) is 11.5 Å². The van der Waals surface area contributed by atoms with E-state index in [1.807, 2.05) is 0 Å². The van der Waals surface area contributed by atoms with Crippen LogP contribution in [0.4, 0.5) is 0 Å². The number of benzene rings is 2. The predicted molar refractivity (Wildman–Crippen MR) is 148 cm³/mol. The highest BCUT2D eigenvalue weighted by molar-refractivity contribution is 7.74. The Bertz CT molecular complexity index is 886. The molecule has 2 unspecified atom stereocenters. The third-order valence-corrected chi connectivity index (χ3v) is 15.1. The highest BCUT2D eigenvalue weighted by atomic mass is 31.1. The maximum Gasteiger partial charge on any atom is 0.124 e. The van der Waals surface area contributed by atoms with Gasteiger partial charge in [-0.05, 0) is 141 Å². The molecule has 1 saturated carbocycles. The van der Waals surface area contributed by atoms with Crippen molar-refractivity contribution < 1.29 is 9.47 Å². The molecule has 1 aliphatic heterocycles. The first kappa shape index (κ1) is 25.0. The summed E-state index contributed by atoms with van der Waals surface area (Å²) in [7, 11) is 3.25. The highest BCUT2D eigenvalue weighted by Gasteiger charge is 2.44. The van der Waals surface area contributed by atoms with E-state index in [1.165, 1.54) is 65.0 Å². The molecular weight excluding hydrogens is 442 g/mol. The SMILES string of the molecule is COc1c(C)cc(P(c2cc(C)c(OC)c(C)c2)C2CCCC2P2[C@@H](C)CC[C@@H]2C)cc1C. The molecule has 2 aliphatic rings. The number of hydrogen-bond acceptors (Lipinski definition) is 2. The summed E-state index contributed by atoms with van der Waals surface area (Å²) >= 11 is 0. The number of hydrogen-bond donors (Lipinski definition) is 0. The van der Waals surface area contributed by atoms with Gasteiger partial charge in [-0.2, -0.15) is 0 Å². The van der Waals surface area contributed by atoms with E-state index in [9.17, 15) is 0 Å². The molecule has 0 amide bonds. The molecule has 4 heteroatoms. The van der Waals surface area contributed by atoms with Crippen molar-refractivity contribution in [1.29, 1.82) is 0 Å². The summed E-state index contributed by atoms with van der Waals surface area (Å²) in [6.45, 7) is 14.0. The quantitative estimate of drug-likeness (QED) is 0.399. The Kier molecular flexibility index (Phi) is 7.77. The second kappa shape index (κ2) is 10.3. The standard InChI is InChI=1S/C29H42O2P2/c1-18-14-24(15-19(2)28(18)30-7)33(25-16-20(3)29(31-8)21(4)17-25)27-11-9-10-26(27)32-22(5)12-13-23(32)6/h14-17,22-23,26-27H,9-13H2,1-8H3/t22-,23-,26?,27?/m0/s1. The number of rotatable bonds is 6. The van der Waals surface area contributed by atoms with Crippen molar-refractivity contribution >= 4 is 26.5 Å². The van der Waals surface area contributed by atoms with Gasteiger partial charge >= 0.3 is 0 Å². The first-order valence-corrected chi connectivity index (χ1v) is 15.6. The number of ether oxygens (including phenoxy) is 2. The van der Waals surface area contributed by atoms with E-state index in [1.54, 1.807) is 14.2 Å². The summed E-state index contributed by atoms with van der Waals surface area (Å²) in [6.07, 6.45) is 7.09. The minimum atomic E-state index is -0.440. The van der Waals surface area contributed by atoms with Crippen LogP contribution in [-0.4, -0.2) is 36.9 Å². The van der Waals surface area contributed by atoms with Gasteiger partial charge in [-0.15, -0.1) is 0 Å². The van der Waals surface area contributed by atoms with Crippen LogP contribution < -0.4 is 20.1 Å². The van der Waals surface area contributed by atoms with Crippen LogP contribution in [0.2, 0.25) is 0 Å². The number of methoxy groups -OCH3 is 2. The van der Waals surface area contributed by atoms with Gasteiger partial charge in [0.1, 0.15) is 11.5 Å². The van der Waals surface area contributed by atoms with Crippen molar-refractivity contribution in [2.45, 2.75) is 96.3 Å². The molecule has 1 aliphatic carbocycles. The first-order valence-electron chi connectivity index (χ1n) is 12.6. The van der Waals surface area contributed by atoms with Crippen molar-refractivity contribution in [2.75, 3.05) is 14.2 Å². The van der Waals surface area contributed by atoms with E-state index in [0.29, 0.717) is 0 Å². The molecule has 180 valence electrons. The van der Waals surface area contributed by atoms with Crippen molar-refractivity contribution in [3.05, 3.63) is 46.5 Å². The summed E-state index contributed by atoms with van der Waals surface area (Å²) in [5.41, 5.74) is 8.62. The zero-order chi connectivity index (χ0) is 23.9. The second-order valence-electron chi connectivity index (χ2n) is 10.4. The summed E-state index contributed by atoms with van der Waals surface area (Å²) in [4.78, 5) is 0. The van der Waals surface area contributed by atoms with Crippen molar-refractivity contribution in [3.8, 4) is 11.5 Å². The average Bonchev–Trinajstić information content (AvgIpc) is 3.34. The molecule has 0 aromatic heterocycles. The van der Waals surface area contributed by atoms with Crippen LogP contribution in [0, 0.1) is 27.7 Å². The van der Waals surface area contributed by atoms with Crippen LogP contribution in [0.3, 0.4) is 0 Å². The molecule has 4 rings (SSSR count). The molecule has 2 fully saturated rings. The lowest BCUT2D eigenvalue weighted by Crippen LogP contribution is -2.29. The molecule has 0 bridgehead atoms. The third-order valence-electron chi connectivity index (χ3n) is 8.03. The fourth-order valence-corrected chi connectivity index (χ4v) is 15.0. The molecule has 4 atom stereocenters. The maximum atomic E-state index is 5.73. The highest BCUT2D eigenvalue weighted by Crippen LogP contribution is 2.66. The molecule has 1 saturated heterocycles. The maximum absolute atomic E-state index is 5.73. The molecule has 0 spiro atoms. The zero-order valence-corrected chi connectivity index (χ0v) is 23.7. The summed E-state index contributed by atoms with van der Waals surface area (Å²) in [6, 6.07) is 9.76. The third kappa shape index (κ3) is 4.73. The van der Waals surface area contributed by atoms with E-state index in [0.717, 1.165) is 34.1 Å². The van der Waals surface area contributed by atoms with E-state index >= 15 is 0 Å². The molecule has 33 heavy (non-hydrogen) atoms. The molecule has 0 radical (unpaired) electrons. The lowest BCUT2D eigenvalue weighted by Gasteiger charge is -2.37. The van der Waals surface area contributed by atoms with Gasteiger partial charge in [0.2, 0.25) is 0 Å². The fourth-order valence-electron chi connectivity index (χ4n) is 6.75. The van der Waals surface area contributed by atoms with Gasteiger partial charge in [0.05, 0.1) is 14.2 Å². The monoisotopic (exact) mass is 484 g/mol. The summed E-state index contributed by atoms with van der Waals surface area (Å²) in [5, 5.41) is 3.08. The van der Waals surface area contributed by atoms with Crippen LogP contribution in [0.15, 0.2) is 24.3 Å². The van der Waals surface area contributed by atoms with Gasteiger partial charge in [-0.25, -0.2) is 0 Å². The van der Waals surface area contributed by atoms with E-state index in [4.69, 9.17) is 9.47 Å². The Morgan fingerprint density at radius 3 is 1.52 bits per heavy atom. The topological polar surface area (TPSA) is 18.5 Å². The van der Waals surface area contributed by atoms with Gasteiger partial charge in [0.15, 0.2) is 0 Å². The zero-order valence-electron chi connectivity index (χ0n) is 21.9. The lowest BCUT2D eigenvalue weighted by atomic mass is 10.1. The van der Waals surface area contributed by atoms with E-state index in [-0.39, 0.29) is 7.92 Å². The van der Waals surface area contributed by atoms with Crippen molar-refractivity contribution in [3.63, 3.8) is 0 Å². The first-order chi connectivity index (χ1) is 15.8. The predicted octanol–water partition coefficient (Wildman–Crippen LogP) is 7.34. The van der Waals surface area contributed by atoms with Crippen LogP contribution in [0.25, 0.3) is 0 Å². The Labute approximate surface area is 204 Å². The van der Waals surface area contributed by atoms with Gasteiger partial charge in [-0.1, -0.05) is 28.2 Å². The molecule has 2 nitrogen and oxygen atoms in total. The van der Waals surface area contributed by atoms with Crippen LogP contribution in [0.1, 0.15) is 68.2 Å². The summed E-state index contributed by atoms with van der Waals surface area (Å²) in [5.74, 6) is 2.09. The molecular formula is C29H42O2P2. The minimum Gasteiger partial charge on any atom is -0.496 e. The molecule has 2 aromatic carbocycles. The van der Waals surface area contributed by atoms with Crippen molar-refractivity contribution in [2.24, 2.45) is 0 Å². The lowest BCUT2D eigenvalue weighted by molar-refractivity contribution is 0.408. The molecule has 2 aromatic rings. The molecule has 1 heterocycles. The van der Waals surface area contributed by atoms with E-state index < -0.39 is 7.92 Å². The number of aryl methyl sites for hydroxylation is 4.